The normalized spacial score (nSPS) is 11.2. The number of para-hydroxylation sites is 2. The van der Waals surface area contributed by atoms with Crippen molar-refractivity contribution in [3.63, 3.8) is 0 Å². The molecule has 0 aromatic heterocycles. The molecule has 0 unspecified atom stereocenters. The van der Waals surface area contributed by atoms with Gasteiger partial charge in [-0.05, 0) is 68.3 Å². The number of hydrogen-bond donors (Lipinski definition) is 1. The fourth-order valence-corrected chi connectivity index (χ4v) is 2.87. The number of nitrogens with one attached hydrogen (secondary N) is 1. The van der Waals surface area contributed by atoms with Crippen LogP contribution < -0.4 is 10.3 Å². The Balaban J connectivity index is 1.76. The molecule has 0 aliphatic rings. The second-order valence-corrected chi connectivity index (χ2v) is 6.84. The van der Waals surface area contributed by atoms with E-state index in [0.717, 1.165) is 28.3 Å². The number of benzene rings is 3. The van der Waals surface area contributed by atoms with Gasteiger partial charge in [-0.25, -0.2) is 5.01 Å². The Morgan fingerprint density at radius 3 is 1.96 bits per heavy atom. The van der Waals surface area contributed by atoms with Crippen molar-refractivity contribution < 1.29 is 4.79 Å². The predicted molar refractivity (Wildman–Crippen MR) is 117 cm³/mol. The molecule has 1 amide bonds. The van der Waals surface area contributed by atoms with Crippen molar-refractivity contribution in [2.75, 3.05) is 10.3 Å². The second kappa shape index (κ2) is 9.00. The van der Waals surface area contributed by atoms with E-state index in [1.807, 2.05) is 97.7 Å². The predicted octanol–water partition coefficient (Wildman–Crippen LogP) is 5.85. The summed E-state index contributed by atoms with van der Waals surface area (Å²) in [6, 6.07) is 25.8. The van der Waals surface area contributed by atoms with Gasteiger partial charge in [0.1, 0.15) is 0 Å². The van der Waals surface area contributed by atoms with Crippen LogP contribution in [0.1, 0.15) is 24.5 Å². The van der Waals surface area contributed by atoms with E-state index >= 15 is 0 Å². The SMILES string of the molecule is C/C(CC(=O)Nc1ccc(C)c(C)c1)=N/N(c1ccccc1)c1ccccc1. The molecule has 0 aliphatic carbocycles. The number of carbonyl (C=O) groups excluding carboxylic acids is 1. The van der Waals surface area contributed by atoms with Crippen LogP contribution in [-0.4, -0.2) is 11.6 Å². The highest BCUT2D eigenvalue weighted by Crippen LogP contribution is 2.25. The molecule has 0 saturated heterocycles. The number of rotatable bonds is 6. The molecule has 0 aliphatic heterocycles. The fourth-order valence-electron chi connectivity index (χ4n) is 2.87. The van der Waals surface area contributed by atoms with E-state index < -0.39 is 0 Å². The lowest BCUT2D eigenvalue weighted by atomic mass is 10.1. The zero-order chi connectivity index (χ0) is 19.9. The van der Waals surface area contributed by atoms with Crippen molar-refractivity contribution in [1.29, 1.82) is 0 Å². The molecular weight excluding hydrogens is 346 g/mol. The number of nitrogens with zero attached hydrogens (tertiary/aromatic N) is 2. The lowest BCUT2D eigenvalue weighted by molar-refractivity contribution is -0.115. The zero-order valence-electron chi connectivity index (χ0n) is 16.5. The summed E-state index contributed by atoms with van der Waals surface area (Å²) >= 11 is 0. The first kappa shape index (κ1) is 19.4. The van der Waals surface area contributed by atoms with Crippen LogP contribution in [0, 0.1) is 13.8 Å². The smallest absolute Gasteiger partial charge is 0.230 e. The first-order valence-electron chi connectivity index (χ1n) is 9.34. The second-order valence-electron chi connectivity index (χ2n) is 6.84. The molecule has 0 spiro atoms. The van der Waals surface area contributed by atoms with Crippen molar-refractivity contribution in [1.82, 2.24) is 0 Å². The maximum Gasteiger partial charge on any atom is 0.230 e. The summed E-state index contributed by atoms with van der Waals surface area (Å²) in [6.45, 7) is 5.97. The number of anilines is 3. The summed E-state index contributed by atoms with van der Waals surface area (Å²) in [5.74, 6) is -0.0782. The van der Waals surface area contributed by atoms with Crippen LogP contribution >= 0.6 is 0 Å². The topological polar surface area (TPSA) is 44.7 Å². The number of amides is 1. The van der Waals surface area contributed by atoms with E-state index in [1.54, 1.807) is 0 Å². The van der Waals surface area contributed by atoms with E-state index in [-0.39, 0.29) is 12.3 Å². The van der Waals surface area contributed by atoms with Crippen molar-refractivity contribution in [2.45, 2.75) is 27.2 Å². The third kappa shape index (κ3) is 5.07. The minimum atomic E-state index is -0.0782. The monoisotopic (exact) mass is 371 g/mol. The van der Waals surface area contributed by atoms with Gasteiger partial charge < -0.3 is 5.32 Å². The molecule has 3 aromatic rings. The van der Waals surface area contributed by atoms with Gasteiger partial charge >= 0.3 is 0 Å². The van der Waals surface area contributed by atoms with E-state index in [1.165, 1.54) is 5.56 Å². The highest BCUT2D eigenvalue weighted by atomic mass is 16.1. The molecule has 0 fully saturated rings. The largest absolute Gasteiger partial charge is 0.326 e. The molecule has 142 valence electrons. The van der Waals surface area contributed by atoms with Crippen LogP contribution in [0.25, 0.3) is 0 Å². The Morgan fingerprint density at radius 1 is 0.857 bits per heavy atom. The van der Waals surface area contributed by atoms with Gasteiger partial charge in [0, 0.05) is 11.4 Å². The molecule has 28 heavy (non-hydrogen) atoms. The average Bonchev–Trinajstić information content (AvgIpc) is 2.70. The van der Waals surface area contributed by atoms with Gasteiger partial charge in [0.25, 0.3) is 0 Å². The van der Waals surface area contributed by atoms with E-state index in [0.29, 0.717) is 0 Å². The third-order valence-corrected chi connectivity index (χ3v) is 4.48. The van der Waals surface area contributed by atoms with Gasteiger partial charge in [-0.2, -0.15) is 5.10 Å². The Labute approximate surface area is 166 Å². The molecule has 0 heterocycles. The highest BCUT2D eigenvalue weighted by Gasteiger charge is 2.11. The molecule has 4 heteroatoms. The standard InChI is InChI=1S/C24H25N3O/c1-18-14-15-21(16-19(18)2)25-24(28)17-20(3)26-27(22-10-6-4-7-11-22)23-12-8-5-9-13-23/h4-16H,17H2,1-3H3,(H,25,28)/b26-20-. The van der Waals surface area contributed by atoms with E-state index in [4.69, 9.17) is 5.10 Å². The van der Waals surface area contributed by atoms with Crippen molar-refractivity contribution in [3.8, 4) is 0 Å². The van der Waals surface area contributed by atoms with E-state index in [2.05, 4.69) is 12.2 Å². The minimum absolute atomic E-state index is 0.0782. The molecule has 1 N–H and O–H groups in total. The summed E-state index contributed by atoms with van der Waals surface area (Å²) < 4.78 is 0. The maximum atomic E-state index is 12.5. The van der Waals surface area contributed by atoms with Gasteiger partial charge in [0.2, 0.25) is 5.91 Å². The Bertz CT molecular complexity index is 926. The van der Waals surface area contributed by atoms with Crippen molar-refractivity contribution in [3.05, 3.63) is 90.0 Å². The fraction of sp³-hybridized carbons (Fsp3) is 0.167. The summed E-state index contributed by atoms with van der Waals surface area (Å²) in [7, 11) is 0. The molecule has 0 atom stereocenters. The van der Waals surface area contributed by atoms with Crippen LogP contribution in [0.4, 0.5) is 17.1 Å². The molecule has 0 saturated carbocycles. The van der Waals surface area contributed by atoms with Crippen LogP contribution in [0.2, 0.25) is 0 Å². The Kier molecular flexibility index (Phi) is 6.22. The molecule has 3 aromatic carbocycles. The molecule has 0 bridgehead atoms. The maximum absolute atomic E-state index is 12.5. The summed E-state index contributed by atoms with van der Waals surface area (Å²) in [5.41, 5.74) is 5.79. The molecule has 3 rings (SSSR count). The minimum Gasteiger partial charge on any atom is -0.326 e. The molecular formula is C24H25N3O. The molecule has 0 radical (unpaired) electrons. The number of hydrogen-bond acceptors (Lipinski definition) is 3. The van der Waals surface area contributed by atoms with Crippen LogP contribution in [0.3, 0.4) is 0 Å². The number of aryl methyl sites for hydroxylation is 2. The first-order valence-corrected chi connectivity index (χ1v) is 9.34. The van der Waals surface area contributed by atoms with Gasteiger partial charge in [-0.1, -0.05) is 42.5 Å². The van der Waals surface area contributed by atoms with Crippen LogP contribution in [0.5, 0.6) is 0 Å². The van der Waals surface area contributed by atoms with Gasteiger partial charge in [0.05, 0.1) is 17.8 Å². The number of carbonyl (C=O) groups is 1. The first-order chi connectivity index (χ1) is 13.5. The molecule has 4 nitrogen and oxygen atoms in total. The van der Waals surface area contributed by atoms with Crippen LogP contribution in [0.15, 0.2) is 84.0 Å². The quantitative estimate of drug-likeness (QED) is 0.436. The third-order valence-electron chi connectivity index (χ3n) is 4.48. The van der Waals surface area contributed by atoms with Gasteiger partial charge in [0.15, 0.2) is 0 Å². The lowest BCUT2D eigenvalue weighted by Crippen LogP contribution is -2.18. The van der Waals surface area contributed by atoms with Gasteiger partial charge in [-0.3, -0.25) is 4.79 Å². The Hall–Kier alpha value is -3.40. The zero-order valence-corrected chi connectivity index (χ0v) is 16.5. The average molecular weight is 371 g/mol. The summed E-state index contributed by atoms with van der Waals surface area (Å²) in [6.07, 6.45) is 0.225. The number of hydrazone groups is 1. The van der Waals surface area contributed by atoms with Crippen molar-refractivity contribution in [2.24, 2.45) is 5.10 Å². The van der Waals surface area contributed by atoms with Crippen LogP contribution in [-0.2, 0) is 4.79 Å². The highest BCUT2D eigenvalue weighted by molar-refractivity contribution is 6.06. The summed E-state index contributed by atoms with van der Waals surface area (Å²) in [4.78, 5) is 12.5. The van der Waals surface area contributed by atoms with E-state index in [9.17, 15) is 4.79 Å². The summed E-state index contributed by atoms with van der Waals surface area (Å²) in [5, 5.41) is 9.53. The van der Waals surface area contributed by atoms with Gasteiger partial charge in [-0.15, -0.1) is 0 Å². The van der Waals surface area contributed by atoms with Crippen molar-refractivity contribution >= 4 is 28.7 Å². The lowest BCUT2D eigenvalue weighted by Gasteiger charge is -2.20. The Morgan fingerprint density at radius 2 is 1.43 bits per heavy atom.